The first-order valence-electron chi connectivity index (χ1n) is 5.71. The zero-order valence-corrected chi connectivity index (χ0v) is 10.8. The van der Waals surface area contributed by atoms with E-state index in [-0.39, 0.29) is 5.91 Å². The van der Waals surface area contributed by atoms with Crippen molar-refractivity contribution >= 4 is 11.6 Å². The fraction of sp³-hybridized carbons (Fsp3) is 0.357. The molecular weight excluding hydrogens is 214 g/mol. The third-order valence-corrected chi connectivity index (χ3v) is 2.53. The van der Waals surface area contributed by atoms with Gasteiger partial charge in [-0.25, -0.2) is 0 Å². The van der Waals surface area contributed by atoms with E-state index in [2.05, 4.69) is 5.32 Å². The Morgan fingerprint density at radius 1 is 1.47 bits per heavy atom. The fourth-order valence-corrected chi connectivity index (χ4v) is 1.53. The number of rotatable bonds is 4. The molecule has 3 nitrogen and oxygen atoms in total. The van der Waals surface area contributed by atoms with Gasteiger partial charge in [0.05, 0.1) is 7.11 Å². The van der Waals surface area contributed by atoms with Gasteiger partial charge in [-0.05, 0) is 31.9 Å². The van der Waals surface area contributed by atoms with Crippen LogP contribution < -0.4 is 10.1 Å². The van der Waals surface area contributed by atoms with Crippen LogP contribution in [0.3, 0.4) is 0 Å². The highest BCUT2D eigenvalue weighted by Gasteiger charge is 2.06. The Morgan fingerprint density at radius 2 is 2.18 bits per heavy atom. The molecule has 0 aliphatic heterocycles. The van der Waals surface area contributed by atoms with Gasteiger partial charge in [-0.15, -0.1) is 0 Å². The van der Waals surface area contributed by atoms with Crippen LogP contribution in [-0.4, -0.2) is 13.0 Å². The highest BCUT2D eigenvalue weighted by molar-refractivity contribution is 6.03. The fourth-order valence-electron chi connectivity index (χ4n) is 1.53. The van der Waals surface area contributed by atoms with Crippen LogP contribution >= 0.6 is 0 Å². The van der Waals surface area contributed by atoms with Crippen LogP contribution in [0.5, 0.6) is 5.75 Å². The normalized spacial score (nSPS) is 11.2. The van der Waals surface area contributed by atoms with Crippen molar-refractivity contribution in [2.45, 2.75) is 27.2 Å². The van der Waals surface area contributed by atoms with E-state index in [1.54, 1.807) is 7.11 Å². The predicted molar refractivity (Wildman–Crippen MR) is 70.4 cm³/mol. The van der Waals surface area contributed by atoms with E-state index in [4.69, 9.17) is 4.74 Å². The van der Waals surface area contributed by atoms with Gasteiger partial charge in [0.2, 0.25) is 0 Å². The zero-order valence-electron chi connectivity index (χ0n) is 10.8. The number of ether oxygens (including phenoxy) is 1. The van der Waals surface area contributed by atoms with Gasteiger partial charge in [-0.3, -0.25) is 4.79 Å². The summed E-state index contributed by atoms with van der Waals surface area (Å²) in [5.41, 5.74) is 2.53. The summed E-state index contributed by atoms with van der Waals surface area (Å²) < 4.78 is 5.21. The minimum atomic E-state index is -0.0715. The molecule has 1 amide bonds. The second-order valence-corrected chi connectivity index (χ2v) is 3.93. The number of nitrogens with one attached hydrogen (secondary N) is 1. The van der Waals surface area contributed by atoms with Crippen molar-refractivity contribution in [3.63, 3.8) is 0 Å². The number of amides is 1. The molecule has 0 aliphatic carbocycles. The number of hydrogen-bond acceptors (Lipinski definition) is 2. The standard InChI is InChI=1S/C14H19NO2/c1-5-6-11(3)14(16)15-12-8-7-10(2)13(9-12)17-4/h6-9H,5H2,1-4H3,(H,15,16)/b11-6+. The summed E-state index contributed by atoms with van der Waals surface area (Å²) in [5, 5.41) is 2.84. The monoisotopic (exact) mass is 233 g/mol. The topological polar surface area (TPSA) is 38.3 Å². The van der Waals surface area contributed by atoms with Gasteiger partial charge in [-0.2, -0.15) is 0 Å². The zero-order chi connectivity index (χ0) is 12.8. The number of anilines is 1. The summed E-state index contributed by atoms with van der Waals surface area (Å²) >= 11 is 0. The second-order valence-electron chi connectivity index (χ2n) is 3.93. The van der Waals surface area contributed by atoms with E-state index in [0.29, 0.717) is 0 Å². The van der Waals surface area contributed by atoms with Crippen molar-refractivity contribution in [3.8, 4) is 5.75 Å². The number of allylic oxidation sites excluding steroid dienone is 1. The van der Waals surface area contributed by atoms with Crippen LogP contribution in [-0.2, 0) is 4.79 Å². The molecule has 0 bridgehead atoms. The largest absolute Gasteiger partial charge is 0.496 e. The van der Waals surface area contributed by atoms with Gasteiger partial charge in [0.25, 0.3) is 5.91 Å². The molecule has 92 valence electrons. The molecular formula is C14H19NO2. The Hall–Kier alpha value is -1.77. The summed E-state index contributed by atoms with van der Waals surface area (Å²) in [4.78, 5) is 11.8. The van der Waals surface area contributed by atoms with E-state index < -0.39 is 0 Å². The molecule has 0 fully saturated rings. The average molecular weight is 233 g/mol. The quantitative estimate of drug-likeness (QED) is 0.810. The number of hydrogen-bond donors (Lipinski definition) is 1. The first kappa shape index (κ1) is 13.3. The minimum absolute atomic E-state index is 0.0715. The molecule has 0 atom stereocenters. The Kier molecular flexibility index (Phi) is 4.76. The molecule has 0 aliphatic rings. The van der Waals surface area contributed by atoms with E-state index in [9.17, 15) is 4.79 Å². The molecule has 0 aromatic heterocycles. The second kappa shape index (κ2) is 6.09. The van der Waals surface area contributed by atoms with Crippen molar-refractivity contribution in [2.75, 3.05) is 12.4 Å². The first-order valence-corrected chi connectivity index (χ1v) is 5.71. The molecule has 1 rings (SSSR count). The Bertz CT molecular complexity index is 436. The highest BCUT2D eigenvalue weighted by atomic mass is 16.5. The minimum Gasteiger partial charge on any atom is -0.496 e. The number of methoxy groups -OCH3 is 1. The molecule has 1 aromatic rings. The van der Waals surface area contributed by atoms with Crippen molar-refractivity contribution in [1.82, 2.24) is 0 Å². The number of benzene rings is 1. The molecule has 0 spiro atoms. The van der Waals surface area contributed by atoms with Gasteiger partial charge in [-0.1, -0.05) is 19.1 Å². The molecule has 0 saturated heterocycles. The summed E-state index contributed by atoms with van der Waals surface area (Å²) in [5.74, 6) is 0.706. The molecule has 0 radical (unpaired) electrons. The molecule has 1 N–H and O–H groups in total. The molecule has 0 saturated carbocycles. The van der Waals surface area contributed by atoms with Gasteiger partial charge in [0.15, 0.2) is 0 Å². The van der Waals surface area contributed by atoms with Crippen molar-refractivity contribution < 1.29 is 9.53 Å². The average Bonchev–Trinajstić information content (AvgIpc) is 2.31. The van der Waals surface area contributed by atoms with Crippen LogP contribution in [0.2, 0.25) is 0 Å². The maximum absolute atomic E-state index is 11.8. The molecule has 3 heteroatoms. The van der Waals surface area contributed by atoms with Gasteiger partial charge >= 0.3 is 0 Å². The van der Waals surface area contributed by atoms with Crippen LogP contribution in [0.4, 0.5) is 5.69 Å². The number of aryl methyl sites for hydroxylation is 1. The Labute approximate surface area is 102 Å². The van der Waals surface area contributed by atoms with Gasteiger partial charge < -0.3 is 10.1 Å². The third-order valence-electron chi connectivity index (χ3n) is 2.53. The Balaban J connectivity index is 2.82. The number of carbonyl (C=O) groups is 1. The molecule has 1 aromatic carbocycles. The van der Waals surface area contributed by atoms with E-state index in [1.165, 1.54) is 0 Å². The molecule has 17 heavy (non-hydrogen) atoms. The van der Waals surface area contributed by atoms with E-state index in [0.717, 1.165) is 29.0 Å². The van der Waals surface area contributed by atoms with E-state index in [1.807, 2.05) is 45.0 Å². The summed E-state index contributed by atoms with van der Waals surface area (Å²) in [6, 6.07) is 5.62. The lowest BCUT2D eigenvalue weighted by atomic mass is 10.2. The van der Waals surface area contributed by atoms with Crippen LogP contribution in [0, 0.1) is 6.92 Å². The van der Waals surface area contributed by atoms with Crippen molar-refractivity contribution in [1.29, 1.82) is 0 Å². The van der Waals surface area contributed by atoms with Crippen LogP contribution in [0.15, 0.2) is 29.8 Å². The lowest BCUT2D eigenvalue weighted by molar-refractivity contribution is -0.112. The van der Waals surface area contributed by atoms with Crippen LogP contribution in [0.25, 0.3) is 0 Å². The van der Waals surface area contributed by atoms with Gasteiger partial charge in [0, 0.05) is 17.3 Å². The SMILES string of the molecule is CC/C=C(\C)C(=O)Nc1ccc(C)c(OC)c1. The highest BCUT2D eigenvalue weighted by Crippen LogP contribution is 2.22. The third kappa shape index (κ3) is 3.63. The summed E-state index contributed by atoms with van der Waals surface area (Å²) in [7, 11) is 1.62. The first-order chi connectivity index (χ1) is 8.08. The van der Waals surface area contributed by atoms with Gasteiger partial charge in [0.1, 0.15) is 5.75 Å². The lowest BCUT2D eigenvalue weighted by Gasteiger charge is -2.09. The lowest BCUT2D eigenvalue weighted by Crippen LogP contribution is -2.12. The van der Waals surface area contributed by atoms with E-state index >= 15 is 0 Å². The number of carbonyl (C=O) groups excluding carboxylic acids is 1. The molecule has 0 unspecified atom stereocenters. The van der Waals surface area contributed by atoms with Crippen molar-refractivity contribution in [2.24, 2.45) is 0 Å². The Morgan fingerprint density at radius 3 is 2.76 bits per heavy atom. The predicted octanol–water partition coefficient (Wildman–Crippen LogP) is 3.30. The molecule has 0 heterocycles. The maximum atomic E-state index is 11.8. The smallest absolute Gasteiger partial charge is 0.250 e. The maximum Gasteiger partial charge on any atom is 0.250 e. The van der Waals surface area contributed by atoms with Crippen molar-refractivity contribution in [3.05, 3.63) is 35.4 Å². The van der Waals surface area contributed by atoms with Crippen LogP contribution in [0.1, 0.15) is 25.8 Å². The summed E-state index contributed by atoms with van der Waals surface area (Å²) in [6.07, 6.45) is 2.76. The summed E-state index contributed by atoms with van der Waals surface area (Å²) in [6.45, 7) is 5.78.